The second-order valence-corrected chi connectivity index (χ2v) is 1.75. The van der Waals surface area contributed by atoms with Crippen molar-refractivity contribution < 1.29 is 4.79 Å². The molecule has 1 amide bonds. The minimum absolute atomic E-state index is 0.0277. The highest BCUT2D eigenvalue weighted by molar-refractivity contribution is 5.91. The molecule has 0 bridgehead atoms. The zero-order chi connectivity index (χ0) is 8.15. The summed E-state index contributed by atoms with van der Waals surface area (Å²) < 4.78 is 0. The molecule has 0 aromatic heterocycles. The third-order valence-electron chi connectivity index (χ3n) is 0.988. The number of rotatable bonds is 3. The molecular weight excluding hydrogens is 130 g/mol. The largest absolute Gasteiger partial charge is 0.393 e. The number of nitrogens with two attached hydrogens (primary N) is 2. The van der Waals surface area contributed by atoms with Crippen molar-refractivity contribution in [3.05, 3.63) is 24.2 Å². The van der Waals surface area contributed by atoms with Gasteiger partial charge in [0.15, 0.2) is 0 Å². The molecule has 0 aromatic carbocycles. The Hall–Kier alpha value is -1.45. The van der Waals surface area contributed by atoms with Crippen LogP contribution in [0, 0.1) is 0 Å². The molecule has 0 heterocycles. The molecule has 4 nitrogen and oxygen atoms in total. The van der Waals surface area contributed by atoms with E-state index < -0.39 is 5.91 Å². The van der Waals surface area contributed by atoms with Gasteiger partial charge in [-0.25, -0.2) is 0 Å². The Balaban J connectivity index is 4.33. The third kappa shape index (κ3) is 2.21. The van der Waals surface area contributed by atoms with Crippen LogP contribution in [0.2, 0.25) is 0 Å². The molecule has 56 valence electrons. The van der Waals surface area contributed by atoms with Crippen LogP contribution in [0.15, 0.2) is 24.2 Å². The summed E-state index contributed by atoms with van der Waals surface area (Å²) in [5.41, 5.74) is 10.7. The molecule has 0 aliphatic heterocycles. The van der Waals surface area contributed by atoms with E-state index in [1.165, 1.54) is 6.20 Å². The first-order valence-corrected chi connectivity index (χ1v) is 2.73. The summed E-state index contributed by atoms with van der Waals surface area (Å²) in [6.45, 7) is 5.03. The molecule has 0 aliphatic carbocycles. The quantitative estimate of drug-likeness (QED) is 0.459. The van der Waals surface area contributed by atoms with Gasteiger partial charge in [0.2, 0.25) is 0 Å². The number of allylic oxidation sites excluding steroid dienone is 1. The normalized spacial score (nSPS) is 11.7. The van der Waals surface area contributed by atoms with Crippen molar-refractivity contribution in [2.24, 2.45) is 11.5 Å². The van der Waals surface area contributed by atoms with Crippen LogP contribution >= 0.6 is 0 Å². The smallest absolute Gasteiger partial charge is 0.266 e. The van der Waals surface area contributed by atoms with Crippen molar-refractivity contribution in [1.29, 1.82) is 0 Å². The standard InChI is InChI=1S/C6H11N3O/c1-3-9-4(2)5(7)6(8)10/h3,9H,1,7H2,2H3,(H2,8,10)/b5-4-. The molecular formula is C6H11N3O. The maximum atomic E-state index is 10.4. The lowest BCUT2D eigenvalue weighted by atomic mass is 10.3. The van der Waals surface area contributed by atoms with E-state index in [0.29, 0.717) is 5.70 Å². The first-order chi connectivity index (χ1) is 4.59. The van der Waals surface area contributed by atoms with Crippen molar-refractivity contribution in [1.82, 2.24) is 5.32 Å². The van der Waals surface area contributed by atoms with Gasteiger partial charge in [0, 0.05) is 5.70 Å². The van der Waals surface area contributed by atoms with E-state index in [4.69, 9.17) is 11.5 Å². The SMILES string of the molecule is C=CN/C(C)=C(\N)C(N)=O. The molecule has 0 spiro atoms. The second-order valence-electron chi connectivity index (χ2n) is 1.75. The highest BCUT2D eigenvalue weighted by atomic mass is 16.1. The molecule has 0 fully saturated rings. The minimum atomic E-state index is -0.633. The van der Waals surface area contributed by atoms with Gasteiger partial charge in [-0.05, 0) is 13.1 Å². The first-order valence-electron chi connectivity index (χ1n) is 2.73. The lowest BCUT2D eigenvalue weighted by molar-refractivity contribution is -0.114. The number of amides is 1. The van der Waals surface area contributed by atoms with Crippen LogP contribution < -0.4 is 16.8 Å². The van der Waals surface area contributed by atoms with Gasteiger partial charge in [-0.3, -0.25) is 4.79 Å². The fourth-order valence-corrected chi connectivity index (χ4v) is 0.416. The van der Waals surface area contributed by atoms with E-state index in [2.05, 4.69) is 11.9 Å². The van der Waals surface area contributed by atoms with Crippen LogP contribution in [0.5, 0.6) is 0 Å². The number of carbonyl (C=O) groups excluding carboxylic acids is 1. The van der Waals surface area contributed by atoms with E-state index in [1.54, 1.807) is 6.92 Å². The van der Waals surface area contributed by atoms with Crippen molar-refractivity contribution in [3.8, 4) is 0 Å². The van der Waals surface area contributed by atoms with Gasteiger partial charge in [-0.1, -0.05) is 6.58 Å². The Morgan fingerprint density at radius 1 is 1.60 bits per heavy atom. The van der Waals surface area contributed by atoms with Crippen molar-refractivity contribution in [3.63, 3.8) is 0 Å². The topological polar surface area (TPSA) is 81.1 Å². The van der Waals surface area contributed by atoms with E-state index in [0.717, 1.165) is 0 Å². The molecule has 0 aliphatic rings. The average Bonchev–Trinajstić information content (AvgIpc) is 1.87. The first kappa shape index (κ1) is 8.55. The Kier molecular flexibility index (Phi) is 3.04. The van der Waals surface area contributed by atoms with Crippen LogP contribution in [0.25, 0.3) is 0 Å². The molecule has 10 heavy (non-hydrogen) atoms. The lowest BCUT2D eigenvalue weighted by Gasteiger charge is -2.01. The zero-order valence-corrected chi connectivity index (χ0v) is 5.85. The third-order valence-corrected chi connectivity index (χ3v) is 0.988. The lowest BCUT2D eigenvalue weighted by Crippen LogP contribution is -2.24. The molecule has 0 atom stereocenters. The maximum absolute atomic E-state index is 10.4. The average molecular weight is 141 g/mol. The van der Waals surface area contributed by atoms with Gasteiger partial charge in [0.25, 0.3) is 5.91 Å². The van der Waals surface area contributed by atoms with E-state index >= 15 is 0 Å². The summed E-state index contributed by atoms with van der Waals surface area (Å²) in [6.07, 6.45) is 1.42. The molecule has 0 radical (unpaired) electrons. The summed E-state index contributed by atoms with van der Waals surface area (Å²) in [7, 11) is 0. The number of primary amides is 1. The fraction of sp³-hybridized carbons (Fsp3) is 0.167. The molecule has 0 aromatic rings. The molecule has 0 rings (SSSR count). The van der Waals surface area contributed by atoms with Gasteiger partial charge < -0.3 is 16.8 Å². The van der Waals surface area contributed by atoms with Crippen LogP contribution in [0.3, 0.4) is 0 Å². The summed E-state index contributed by atoms with van der Waals surface area (Å²) in [6, 6.07) is 0. The van der Waals surface area contributed by atoms with Gasteiger partial charge in [-0.15, -0.1) is 0 Å². The van der Waals surface area contributed by atoms with Crippen molar-refractivity contribution in [2.45, 2.75) is 6.92 Å². The molecule has 0 saturated carbocycles. The van der Waals surface area contributed by atoms with Gasteiger partial charge in [0.05, 0.1) is 0 Å². The second kappa shape index (κ2) is 3.55. The zero-order valence-electron chi connectivity index (χ0n) is 5.85. The molecule has 0 saturated heterocycles. The fourth-order valence-electron chi connectivity index (χ4n) is 0.416. The van der Waals surface area contributed by atoms with Crippen LogP contribution in [-0.2, 0) is 4.79 Å². The van der Waals surface area contributed by atoms with Crippen LogP contribution in [-0.4, -0.2) is 5.91 Å². The van der Waals surface area contributed by atoms with E-state index in [9.17, 15) is 4.79 Å². The molecule has 0 unspecified atom stereocenters. The predicted octanol–water partition coefficient (Wildman–Crippen LogP) is -0.605. The number of hydrogen-bond acceptors (Lipinski definition) is 3. The Bertz CT molecular complexity index is 183. The number of nitrogens with one attached hydrogen (secondary N) is 1. The summed E-state index contributed by atoms with van der Waals surface area (Å²) in [5.74, 6) is -0.633. The van der Waals surface area contributed by atoms with Crippen molar-refractivity contribution in [2.75, 3.05) is 0 Å². The predicted molar refractivity (Wildman–Crippen MR) is 39.4 cm³/mol. The monoisotopic (exact) mass is 141 g/mol. The molecule has 4 heteroatoms. The Morgan fingerprint density at radius 3 is 2.40 bits per heavy atom. The van der Waals surface area contributed by atoms with Crippen molar-refractivity contribution >= 4 is 5.91 Å². The van der Waals surface area contributed by atoms with Gasteiger partial charge >= 0.3 is 0 Å². The Labute approximate surface area is 59.6 Å². The van der Waals surface area contributed by atoms with Crippen LogP contribution in [0.1, 0.15) is 6.92 Å². The van der Waals surface area contributed by atoms with Crippen LogP contribution in [0.4, 0.5) is 0 Å². The minimum Gasteiger partial charge on any atom is -0.393 e. The van der Waals surface area contributed by atoms with Gasteiger partial charge in [0.1, 0.15) is 5.70 Å². The molecule has 5 N–H and O–H groups in total. The van der Waals surface area contributed by atoms with Gasteiger partial charge in [-0.2, -0.15) is 0 Å². The number of carbonyl (C=O) groups is 1. The highest BCUT2D eigenvalue weighted by Gasteiger charge is 2.00. The Morgan fingerprint density at radius 2 is 2.10 bits per heavy atom. The van der Waals surface area contributed by atoms with E-state index in [1.807, 2.05) is 0 Å². The highest BCUT2D eigenvalue weighted by Crippen LogP contribution is 1.90. The maximum Gasteiger partial charge on any atom is 0.266 e. The number of hydrogen-bond donors (Lipinski definition) is 3. The summed E-state index contributed by atoms with van der Waals surface area (Å²) in [5, 5.41) is 2.64. The van der Waals surface area contributed by atoms with E-state index in [-0.39, 0.29) is 5.70 Å². The summed E-state index contributed by atoms with van der Waals surface area (Å²) in [4.78, 5) is 10.4. The summed E-state index contributed by atoms with van der Waals surface area (Å²) >= 11 is 0.